The maximum Gasteiger partial charge on any atom is 0.236 e. The Morgan fingerprint density at radius 1 is 1.17 bits per heavy atom. The highest BCUT2D eigenvalue weighted by molar-refractivity contribution is 6.30. The Morgan fingerprint density at radius 3 is 2.33 bits per heavy atom. The fourth-order valence-electron chi connectivity index (χ4n) is 1.66. The largest absolute Gasteiger partial charge is 0.348 e. The number of hydrogen-bond donors (Lipinski definition) is 0. The van der Waals surface area contributed by atoms with Gasteiger partial charge in [0, 0.05) is 19.1 Å². The zero-order valence-corrected chi connectivity index (χ0v) is 12.1. The van der Waals surface area contributed by atoms with Crippen molar-refractivity contribution in [1.82, 2.24) is 9.80 Å². The molecule has 0 radical (unpaired) electrons. The molecule has 0 aromatic heterocycles. The molecule has 3 nitrogen and oxygen atoms in total. The maximum atomic E-state index is 11.5. The molecule has 0 saturated carbocycles. The van der Waals surface area contributed by atoms with Gasteiger partial charge in [-0.3, -0.25) is 9.69 Å². The van der Waals surface area contributed by atoms with E-state index < -0.39 is 0 Å². The molecule has 0 aliphatic rings. The number of likely N-dealkylation sites (N-methyl/N-ethyl adjacent to an activating group) is 2. The molecule has 1 aromatic rings. The van der Waals surface area contributed by atoms with Gasteiger partial charge < -0.3 is 4.90 Å². The average molecular weight is 269 g/mol. The van der Waals surface area contributed by atoms with Crippen molar-refractivity contribution in [3.63, 3.8) is 0 Å². The lowest BCUT2D eigenvalue weighted by Gasteiger charge is -2.18. The van der Waals surface area contributed by atoms with Crippen LogP contribution in [0.3, 0.4) is 0 Å². The minimum absolute atomic E-state index is 0.143. The molecular weight excluding hydrogens is 248 g/mol. The number of aryl methyl sites for hydroxylation is 1. The van der Waals surface area contributed by atoms with Crippen LogP contribution in [0.5, 0.6) is 0 Å². The van der Waals surface area contributed by atoms with Crippen molar-refractivity contribution in [3.8, 4) is 0 Å². The summed E-state index contributed by atoms with van der Waals surface area (Å²) in [6.45, 7) is 1.40. The molecule has 0 unspecified atom stereocenters. The molecule has 0 aliphatic carbocycles. The molecular formula is C14H21ClN2O. The van der Waals surface area contributed by atoms with Gasteiger partial charge in [0.05, 0.1) is 6.54 Å². The SMILES string of the molecule is CN(CCCc1ccc(Cl)cc1)CC(=O)N(C)C. The van der Waals surface area contributed by atoms with Crippen molar-refractivity contribution in [3.05, 3.63) is 34.9 Å². The summed E-state index contributed by atoms with van der Waals surface area (Å²) in [7, 11) is 5.54. The van der Waals surface area contributed by atoms with E-state index in [1.807, 2.05) is 31.3 Å². The molecule has 4 heteroatoms. The highest BCUT2D eigenvalue weighted by atomic mass is 35.5. The Hall–Kier alpha value is -1.06. The van der Waals surface area contributed by atoms with E-state index >= 15 is 0 Å². The van der Waals surface area contributed by atoms with Crippen LogP contribution in [0.1, 0.15) is 12.0 Å². The van der Waals surface area contributed by atoms with E-state index in [1.54, 1.807) is 19.0 Å². The van der Waals surface area contributed by atoms with E-state index in [1.165, 1.54) is 5.56 Å². The molecule has 0 heterocycles. The summed E-state index contributed by atoms with van der Waals surface area (Å²) in [5, 5.41) is 0.771. The van der Waals surface area contributed by atoms with Crippen molar-refractivity contribution in [2.75, 3.05) is 34.2 Å². The highest BCUT2D eigenvalue weighted by Gasteiger charge is 2.07. The Morgan fingerprint density at radius 2 is 1.78 bits per heavy atom. The van der Waals surface area contributed by atoms with Crippen LogP contribution in [0.15, 0.2) is 24.3 Å². The Bertz CT molecular complexity index is 376. The predicted octanol–water partition coefficient (Wildman–Crippen LogP) is 2.29. The van der Waals surface area contributed by atoms with Gasteiger partial charge in [0.25, 0.3) is 0 Å². The third kappa shape index (κ3) is 5.52. The van der Waals surface area contributed by atoms with Gasteiger partial charge in [0.15, 0.2) is 0 Å². The number of hydrogen-bond acceptors (Lipinski definition) is 2. The number of nitrogens with zero attached hydrogens (tertiary/aromatic N) is 2. The lowest BCUT2D eigenvalue weighted by Crippen LogP contribution is -2.34. The van der Waals surface area contributed by atoms with Gasteiger partial charge >= 0.3 is 0 Å². The van der Waals surface area contributed by atoms with Crippen LogP contribution in [0.2, 0.25) is 5.02 Å². The number of benzene rings is 1. The lowest BCUT2D eigenvalue weighted by molar-refractivity contribution is -0.129. The van der Waals surface area contributed by atoms with Crippen LogP contribution >= 0.6 is 11.6 Å². The van der Waals surface area contributed by atoms with E-state index in [0.717, 1.165) is 24.4 Å². The van der Waals surface area contributed by atoms with Gasteiger partial charge in [-0.15, -0.1) is 0 Å². The molecule has 18 heavy (non-hydrogen) atoms. The molecule has 100 valence electrons. The molecule has 0 N–H and O–H groups in total. The topological polar surface area (TPSA) is 23.6 Å². The van der Waals surface area contributed by atoms with E-state index in [4.69, 9.17) is 11.6 Å². The second-order valence-corrected chi connectivity index (χ2v) is 5.19. The third-order valence-corrected chi connectivity index (χ3v) is 3.07. The summed E-state index contributed by atoms with van der Waals surface area (Å²) in [5.74, 6) is 0.143. The Kier molecular flexibility index (Phi) is 6.16. The summed E-state index contributed by atoms with van der Waals surface area (Å²) >= 11 is 5.83. The van der Waals surface area contributed by atoms with Crippen LogP contribution in [0.25, 0.3) is 0 Å². The number of carbonyl (C=O) groups excluding carboxylic acids is 1. The standard InChI is InChI=1S/C14H21ClN2O/c1-16(2)14(18)11-17(3)10-4-5-12-6-8-13(15)9-7-12/h6-9H,4-5,10-11H2,1-3H3. The molecule has 0 saturated heterocycles. The fraction of sp³-hybridized carbons (Fsp3) is 0.500. The molecule has 0 atom stereocenters. The van der Waals surface area contributed by atoms with Gasteiger partial charge in [0.2, 0.25) is 5.91 Å². The molecule has 0 fully saturated rings. The quantitative estimate of drug-likeness (QED) is 0.790. The smallest absolute Gasteiger partial charge is 0.236 e. The third-order valence-electron chi connectivity index (χ3n) is 2.82. The van der Waals surface area contributed by atoms with Crippen molar-refractivity contribution >= 4 is 17.5 Å². The van der Waals surface area contributed by atoms with E-state index in [9.17, 15) is 4.79 Å². The summed E-state index contributed by atoms with van der Waals surface area (Å²) in [6, 6.07) is 7.92. The first-order chi connectivity index (χ1) is 8.49. The fourth-order valence-corrected chi connectivity index (χ4v) is 1.78. The zero-order chi connectivity index (χ0) is 13.5. The van der Waals surface area contributed by atoms with Crippen LogP contribution < -0.4 is 0 Å². The number of carbonyl (C=O) groups is 1. The Labute approximate surface area is 114 Å². The predicted molar refractivity (Wildman–Crippen MR) is 76.0 cm³/mol. The first kappa shape index (κ1) is 15.0. The summed E-state index contributed by atoms with van der Waals surface area (Å²) in [5.41, 5.74) is 1.28. The van der Waals surface area contributed by atoms with Gasteiger partial charge in [-0.1, -0.05) is 23.7 Å². The van der Waals surface area contributed by atoms with Gasteiger partial charge in [0.1, 0.15) is 0 Å². The van der Waals surface area contributed by atoms with E-state index in [2.05, 4.69) is 4.90 Å². The van der Waals surface area contributed by atoms with Crippen LogP contribution in [0.4, 0.5) is 0 Å². The van der Waals surface area contributed by atoms with Crippen molar-refractivity contribution < 1.29 is 4.79 Å². The first-order valence-electron chi connectivity index (χ1n) is 6.12. The minimum atomic E-state index is 0.143. The summed E-state index contributed by atoms with van der Waals surface area (Å²) < 4.78 is 0. The zero-order valence-electron chi connectivity index (χ0n) is 11.3. The molecule has 0 aliphatic heterocycles. The van der Waals surface area contributed by atoms with Crippen molar-refractivity contribution in [2.24, 2.45) is 0 Å². The van der Waals surface area contributed by atoms with Gasteiger partial charge in [-0.2, -0.15) is 0 Å². The minimum Gasteiger partial charge on any atom is -0.348 e. The highest BCUT2D eigenvalue weighted by Crippen LogP contribution is 2.11. The summed E-state index contributed by atoms with van der Waals surface area (Å²) in [6.07, 6.45) is 2.05. The first-order valence-corrected chi connectivity index (χ1v) is 6.50. The Balaban J connectivity index is 2.25. The second kappa shape index (κ2) is 7.39. The normalized spacial score (nSPS) is 10.7. The van der Waals surface area contributed by atoms with Crippen LogP contribution in [0, 0.1) is 0 Å². The molecule has 0 bridgehead atoms. The van der Waals surface area contributed by atoms with Crippen LogP contribution in [-0.2, 0) is 11.2 Å². The van der Waals surface area contributed by atoms with Gasteiger partial charge in [-0.25, -0.2) is 0 Å². The van der Waals surface area contributed by atoms with E-state index in [0.29, 0.717) is 6.54 Å². The number of rotatable bonds is 6. The second-order valence-electron chi connectivity index (χ2n) is 4.76. The molecule has 1 rings (SSSR count). The van der Waals surface area contributed by atoms with Crippen molar-refractivity contribution in [2.45, 2.75) is 12.8 Å². The lowest BCUT2D eigenvalue weighted by atomic mass is 10.1. The average Bonchev–Trinajstić information content (AvgIpc) is 2.31. The van der Waals surface area contributed by atoms with E-state index in [-0.39, 0.29) is 5.91 Å². The van der Waals surface area contributed by atoms with Crippen LogP contribution in [-0.4, -0.2) is 49.9 Å². The number of amides is 1. The monoisotopic (exact) mass is 268 g/mol. The summed E-state index contributed by atoms with van der Waals surface area (Å²) in [4.78, 5) is 15.2. The maximum absolute atomic E-state index is 11.5. The molecule has 0 spiro atoms. The van der Waals surface area contributed by atoms with Gasteiger partial charge in [-0.05, 0) is 44.1 Å². The molecule has 1 aromatic carbocycles. The number of halogens is 1. The molecule has 1 amide bonds. The van der Waals surface area contributed by atoms with Crippen molar-refractivity contribution in [1.29, 1.82) is 0 Å².